The Bertz CT molecular complexity index is 479. The molecule has 0 spiro atoms. The van der Waals surface area contributed by atoms with Crippen LogP contribution in [0.1, 0.15) is 49.4 Å². The van der Waals surface area contributed by atoms with Crippen molar-refractivity contribution in [2.45, 2.75) is 44.9 Å². The van der Waals surface area contributed by atoms with Gasteiger partial charge in [0.1, 0.15) is 17.5 Å². The molecule has 3 rings (SSSR count). The molecule has 1 aliphatic heterocycles. The van der Waals surface area contributed by atoms with Gasteiger partial charge in [-0.25, -0.2) is 15.8 Å². The Morgan fingerprint density at radius 2 is 1.86 bits per heavy atom. The second-order valence-corrected chi connectivity index (χ2v) is 6.15. The van der Waals surface area contributed by atoms with Crippen LogP contribution >= 0.6 is 0 Å². The van der Waals surface area contributed by atoms with Crippen LogP contribution in [0.15, 0.2) is 0 Å². The molecule has 1 saturated heterocycles. The van der Waals surface area contributed by atoms with E-state index in [0.717, 1.165) is 36.1 Å². The Morgan fingerprint density at radius 3 is 2.52 bits per heavy atom. The molecular weight excluding hydrogens is 264 g/mol. The summed E-state index contributed by atoms with van der Waals surface area (Å²) in [4.78, 5) is 11.7. The second-order valence-electron chi connectivity index (χ2n) is 6.15. The molecule has 0 radical (unpaired) electrons. The van der Waals surface area contributed by atoms with Crippen molar-refractivity contribution >= 4 is 11.6 Å². The number of nitrogens with two attached hydrogens (primary N) is 1. The van der Waals surface area contributed by atoms with Crippen LogP contribution in [0.25, 0.3) is 0 Å². The molecule has 0 unspecified atom stereocenters. The first-order chi connectivity index (χ1) is 10.3. The van der Waals surface area contributed by atoms with E-state index in [1.165, 1.54) is 45.2 Å². The highest BCUT2D eigenvalue weighted by Gasteiger charge is 2.28. The van der Waals surface area contributed by atoms with Gasteiger partial charge in [-0.1, -0.05) is 6.42 Å². The molecule has 2 heterocycles. The van der Waals surface area contributed by atoms with Gasteiger partial charge in [0, 0.05) is 24.6 Å². The Kier molecular flexibility index (Phi) is 4.55. The summed E-state index contributed by atoms with van der Waals surface area (Å²) < 4.78 is 0. The number of piperidine rings is 1. The van der Waals surface area contributed by atoms with E-state index in [1.54, 1.807) is 0 Å². The van der Waals surface area contributed by atoms with Gasteiger partial charge < -0.3 is 15.6 Å². The Hall–Kier alpha value is -1.40. The third kappa shape index (κ3) is 3.63. The molecule has 0 bridgehead atoms. The fourth-order valence-corrected chi connectivity index (χ4v) is 2.89. The predicted octanol–water partition coefficient (Wildman–Crippen LogP) is 1.85. The number of aromatic nitrogens is 2. The highest BCUT2D eigenvalue weighted by Crippen LogP contribution is 2.39. The summed E-state index contributed by atoms with van der Waals surface area (Å²) in [5.74, 6) is 8.70. The largest absolute Gasteiger partial charge is 0.368 e. The maximum Gasteiger partial charge on any atom is 0.148 e. The number of likely N-dealkylation sites (tertiary alicyclic amines) is 1. The predicted molar refractivity (Wildman–Crippen MR) is 85.3 cm³/mol. The van der Waals surface area contributed by atoms with Crippen LogP contribution in [0.2, 0.25) is 0 Å². The van der Waals surface area contributed by atoms with Gasteiger partial charge in [-0.2, -0.15) is 0 Å². The molecule has 21 heavy (non-hydrogen) atoms. The maximum absolute atomic E-state index is 5.58. The van der Waals surface area contributed by atoms with E-state index in [0.29, 0.717) is 5.92 Å². The molecule has 1 aromatic heterocycles. The van der Waals surface area contributed by atoms with Gasteiger partial charge in [0.2, 0.25) is 0 Å². The van der Waals surface area contributed by atoms with E-state index < -0.39 is 0 Å². The number of nitrogens with zero attached hydrogens (tertiary/aromatic N) is 3. The van der Waals surface area contributed by atoms with Crippen LogP contribution in [-0.2, 0) is 0 Å². The van der Waals surface area contributed by atoms with Gasteiger partial charge >= 0.3 is 0 Å². The molecule has 2 fully saturated rings. The highest BCUT2D eigenvalue weighted by molar-refractivity contribution is 5.57. The van der Waals surface area contributed by atoms with Crippen molar-refractivity contribution in [1.29, 1.82) is 0 Å². The minimum Gasteiger partial charge on any atom is -0.368 e. The van der Waals surface area contributed by atoms with E-state index >= 15 is 0 Å². The standard InChI is InChI=1S/C15H26N6/c1-11-13(17-7-10-21-8-3-2-4-9-21)18-15(12-5-6-12)19-14(11)20-16/h12H,2-10,16H2,1H3,(H2,17,18,19,20). The second kappa shape index (κ2) is 6.58. The van der Waals surface area contributed by atoms with Crippen molar-refractivity contribution in [2.24, 2.45) is 5.84 Å². The Balaban J connectivity index is 1.61. The zero-order chi connectivity index (χ0) is 14.7. The molecule has 0 amide bonds. The van der Waals surface area contributed by atoms with Gasteiger partial charge in [0.05, 0.1) is 0 Å². The smallest absolute Gasteiger partial charge is 0.148 e. The Morgan fingerprint density at radius 1 is 1.14 bits per heavy atom. The van der Waals surface area contributed by atoms with Gasteiger partial charge in [0.15, 0.2) is 0 Å². The van der Waals surface area contributed by atoms with Crippen LogP contribution < -0.4 is 16.6 Å². The molecule has 4 N–H and O–H groups in total. The maximum atomic E-state index is 5.58. The fraction of sp³-hybridized carbons (Fsp3) is 0.733. The van der Waals surface area contributed by atoms with Crippen LogP contribution in [0.3, 0.4) is 0 Å². The molecular formula is C15H26N6. The average molecular weight is 290 g/mol. The lowest BCUT2D eigenvalue weighted by molar-refractivity contribution is 0.237. The highest BCUT2D eigenvalue weighted by atomic mass is 15.3. The first-order valence-electron chi connectivity index (χ1n) is 8.09. The van der Waals surface area contributed by atoms with Gasteiger partial charge in [0.25, 0.3) is 0 Å². The molecule has 1 aliphatic carbocycles. The van der Waals surface area contributed by atoms with Crippen molar-refractivity contribution in [3.8, 4) is 0 Å². The summed E-state index contributed by atoms with van der Waals surface area (Å²) in [5.41, 5.74) is 3.70. The quantitative estimate of drug-likeness (QED) is 0.548. The molecule has 6 nitrogen and oxygen atoms in total. The van der Waals surface area contributed by atoms with E-state index in [-0.39, 0.29) is 0 Å². The van der Waals surface area contributed by atoms with Crippen LogP contribution in [0.4, 0.5) is 11.6 Å². The SMILES string of the molecule is Cc1c(NN)nc(C2CC2)nc1NCCN1CCCCC1. The van der Waals surface area contributed by atoms with Gasteiger partial charge in [-0.3, -0.25) is 0 Å². The lowest BCUT2D eigenvalue weighted by Crippen LogP contribution is -2.34. The summed E-state index contributed by atoms with van der Waals surface area (Å²) in [7, 11) is 0. The van der Waals surface area contributed by atoms with E-state index in [4.69, 9.17) is 5.84 Å². The molecule has 0 atom stereocenters. The lowest BCUT2D eigenvalue weighted by atomic mass is 10.1. The number of hydrogen-bond acceptors (Lipinski definition) is 6. The summed E-state index contributed by atoms with van der Waals surface area (Å²) >= 11 is 0. The van der Waals surface area contributed by atoms with E-state index in [1.807, 2.05) is 6.92 Å². The monoisotopic (exact) mass is 290 g/mol. The molecule has 2 aliphatic rings. The van der Waals surface area contributed by atoms with Crippen molar-refractivity contribution in [3.05, 3.63) is 11.4 Å². The van der Waals surface area contributed by atoms with Gasteiger partial charge in [-0.15, -0.1) is 0 Å². The number of hydrogen-bond donors (Lipinski definition) is 3. The van der Waals surface area contributed by atoms with Crippen molar-refractivity contribution < 1.29 is 0 Å². The summed E-state index contributed by atoms with van der Waals surface area (Å²) in [6, 6.07) is 0. The first kappa shape index (κ1) is 14.5. The van der Waals surface area contributed by atoms with Crippen LogP contribution in [0, 0.1) is 6.92 Å². The van der Waals surface area contributed by atoms with Crippen molar-refractivity contribution in [2.75, 3.05) is 36.9 Å². The summed E-state index contributed by atoms with van der Waals surface area (Å²) in [6.07, 6.45) is 6.44. The minimum atomic E-state index is 0.528. The third-order valence-electron chi connectivity index (χ3n) is 4.41. The van der Waals surface area contributed by atoms with Crippen molar-refractivity contribution in [1.82, 2.24) is 14.9 Å². The third-order valence-corrected chi connectivity index (χ3v) is 4.41. The van der Waals surface area contributed by atoms with Crippen molar-refractivity contribution in [3.63, 3.8) is 0 Å². The first-order valence-corrected chi connectivity index (χ1v) is 8.09. The number of nitrogens with one attached hydrogen (secondary N) is 2. The number of nitrogen functional groups attached to an aromatic ring is 1. The number of rotatable bonds is 6. The van der Waals surface area contributed by atoms with Crippen LogP contribution in [0.5, 0.6) is 0 Å². The number of hydrazine groups is 1. The van der Waals surface area contributed by atoms with Crippen LogP contribution in [-0.4, -0.2) is 41.0 Å². The molecule has 116 valence electrons. The lowest BCUT2D eigenvalue weighted by Gasteiger charge is -2.26. The number of anilines is 2. The topological polar surface area (TPSA) is 79.1 Å². The zero-order valence-corrected chi connectivity index (χ0v) is 12.9. The average Bonchev–Trinajstić information content (AvgIpc) is 3.35. The van der Waals surface area contributed by atoms with E-state index in [9.17, 15) is 0 Å². The molecule has 1 saturated carbocycles. The van der Waals surface area contributed by atoms with Gasteiger partial charge in [-0.05, 0) is 45.7 Å². The Labute approximate surface area is 126 Å². The molecule has 0 aromatic carbocycles. The van der Waals surface area contributed by atoms with E-state index in [2.05, 4.69) is 25.6 Å². The minimum absolute atomic E-state index is 0.528. The zero-order valence-electron chi connectivity index (χ0n) is 12.9. The molecule has 1 aromatic rings. The molecule has 6 heteroatoms. The summed E-state index contributed by atoms with van der Waals surface area (Å²) in [5, 5.41) is 3.47. The normalized spacial score (nSPS) is 19.5. The fourth-order valence-electron chi connectivity index (χ4n) is 2.89. The summed E-state index contributed by atoms with van der Waals surface area (Å²) in [6.45, 7) is 6.47.